The fourth-order valence-corrected chi connectivity index (χ4v) is 4.78. The minimum absolute atomic E-state index is 0.0104. The number of rotatable bonds is 8. The van der Waals surface area contributed by atoms with Crippen molar-refractivity contribution in [3.05, 3.63) is 83.7 Å². The van der Waals surface area contributed by atoms with Gasteiger partial charge in [0.1, 0.15) is 0 Å². The van der Waals surface area contributed by atoms with Crippen molar-refractivity contribution in [1.29, 1.82) is 0 Å². The number of hydrogen-bond donors (Lipinski definition) is 1. The van der Waals surface area contributed by atoms with Crippen molar-refractivity contribution in [1.82, 2.24) is 4.98 Å². The summed E-state index contributed by atoms with van der Waals surface area (Å²) in [6.45, 7) is 0. The van der Waals surface area contributed by atoms with Crippen LogP contribution in [0, 0.1) is 0 Å². The molecule has 0 spiro atoms. The zero-order valence-corrected chi connectivity index (χ0v) is 18.9. The lowest BCUT2D eigenvalue weighted by Crippen LogP contribution is -2.13. The Hall–Kier alpha value is -2.90. The number of nitrogens with two attached hydrogens (primary N) is 1. The van der Waals surface area contributed by atoms with E-state index in [4.69, 9.17) is 14.6 Å². The molecule has 3 aromatic rings. The van der Waals surface area contributed by atoms with Gasteiger partial charge >= 0.3 is 0 Å². The fourth-order valence-electron chi connectivity index (χ4n) is 4.26. The molecule has 0 saturated heterocycles. The third kappa shape index (κ3) is 5.29. The first-order valence-corrected chi connectivity index (χ1v) is 12.3. The first kappa shape index (κ1) is 22.3. The van der Waals surface area contributed by atoms with Crippen molar-refractivity contribution < 1.29 is 17.9 Å². The van der Waals surface area contributed by atoms with Crippen LogP contribution in [0.15, 0.2) is 71.9 Å². The summed E-state index contributed by atoms with van der Waals surface area (Å²) >= 11 is 0. The summed E-state index contributed by atoms with van der Waals surface area (Å²) in [6.07, 6.45) is 8.99. The highest BCUT2D eigenvalue weighted by Gasteiger charge is 2.22. The third-order valence-electron chi connectivity index (χ3n) is 5.99. The molecule has 1 heterocycles. The van der Waals surface area contributed by atoms with Crippen LogP contribution < -0.4 is 14.6 Å². The number of benzene rings is 2. The number of pyridine rings is 1. The van der Waals surface area contributed by atoms with Gasteiger partial charge in [-0.25, -0.2) is 13.6 Å². The number of ether oxygens (including phenoxy) is 2. The van der Waals surface area contributed by atoms with E-state index in [9.17, 15) is 8.42 Å². The lowest BCUT2D eigenvalue weighted by atomic mass is 9.86. The molecule has 7 heteroatoms. The summed E-state index contributed by atoms with van der Waals surface area (Å²) in [5.41, 5.74) is 3.19. The highest BCUT2D eigenvalue weighted by atomic mass is 32.2. The van der Waals surface area contributed by atoms with Gasteiger partial charge in [0.25, 0.3) is 0 Å². The number of primary sulfonamides is 1. The molecule has 1 atom stereocenters. The second-order valence-electron chi connectivity index (χ2n) is 8.16. The highest BCUT2D eigenvalue weighted by Crippen LogP contribution is 2.37. The van der Waals surface area contributed by atoms with Gasteiger partial charge in [-0.2, -0.15) is 0 Å². The number of nitrogens with zero attached hydrogens (tertiary/aromatic N) is 1. The van der Waals surface area contributed by atoms with Crippen molar-refractivity contribution in [3.63, 3.8) is 0 Å². The van der Waals surface area contributed by atoms with Gasteiger partial charge < -0.3 is 9.47 Å². The Morgan fingerprint density at radius 3 is 2.25 bits per heavy atom. The Morgan fingerprint density at radius 1 is 0.969 bits per heavy atom. The van der Waals surface area contributed by atoms with E-state index in [0.29, 0.717) is 5.75 Å². The maximum atomic E-state index is 11.7. The summed E-state index contributed by atoms with van der Waals surface area (Å²) in [5.74, 6) is 1.45. The van der Waals surface area contributed by atoms with E-state index < -0.39 is 10.0 Å². The van der Waals surface area contributed by atoms with Gasteiger partial charge in [0.05, 0.1) is 18.1 Å². The van der Waals surface area contributed by atoms with Gasteiger partial charge in [-0.05, 0) is 85.2 Å². The van der Waals surface area contributed by atoms with Crippen LogP contribution in [0.2, 0.25) is 0 Å². The van der Waals surface area contributed by atoms with Crippen LogP contribution in [-0.4, -0.2) is 26.6 Å². The van der Waals surface area contributed by atoms with Crippen molar-refractivity contribution >= 4 is 10.0 Å². The van der Waals surface area contributed by atoms with Crippen LogP contribution in [0.4, 0.5) is 0 Å². The van der Waals surface area contributed by atoms with E-state index in [1.807, 2.05) is 36.4 Å². The molecule has 168 valence electrons. The average molecular weight is 453 g/mol. The van der Waals surface area contributed by atoms with Crippen LogP contribution in [0.5, 0.6) is 11.5 Å². The predicted molar refractivity (Wildman–Crippen MR) is 123 cm³/mol. The first-order chi connectivity index (χ1) is 15.4. The molecule has 1 unspecified atom stereocenters. The average Bonchev–Trinajstić information content (AvgIpc) is 3.31. The largest absolute Gasteiger partial charge is 0.493 e. The Labute approximate surface area is 189 Å². The molecule has 0 amide bonds. The third-order valence-corrected chi connectivity index (χ3v) is 6.92. The van der Waals surface area contributed by atoms with E-state index in [0.717, 1.165) is 41.7 Å². The summed E-state index contributed by atoms with van der Waals surface area (Å²) in [5, 5.41) is 5.28. The zero-order valence-electron chi connectivity index (χ0n) is 18.1. The maximum Gasteiger partial charge on any atom is 0.238 e. The van der Waals surface area contributed by atoms with E-state index in [2.05, 4.69) is 11.1 Å². The topological polar surface area (TPSA) is 91.5 Å². The van der Waals surface area contributed by atoms with E-state index in [-0.39, 0.29) is 16.9 Å². The van der Waals surface area contributed by atoms with Crippen molar-refractivity contribution in [2.24, 2.45) is 5.14 Å². The SMILES string of the molecule is COc1ccc(C(Cc2ccncc2)c2ccc(S(N)(=O)=O)cc2)cc1OC1CCCC1. The monoisotopic (exact) mass is 452 g/mol. The molecule has 1 aliphatic carbocycles. The number of hydrogen-bond acceptors (Lipinski definition) is 5. The number of sulfonamides is 1. The minimum Gasteiger partial charge on any atom is -0.493 e. The number of methoxy groups -OCH3 is 1. The smallest absolute Gasteiger partial charge is 0.238 e. The highest BCUT2D eigenvalue weighted by molar-refractivity contribution is 7.89. The molecular weight excluding hydrogens is 424 g/mol. The van der Waals surface area contributed by atoms with Crippen molar-refractivity contribution in [3.8, 4) is 11.5 Å². The van der Waals surface area contributed by atoms with E-state index >= 15 is 0 Å². The van der Waals surface area contributed by atoms with Crippen LogP contribution in [0.1, 0.15) is 48.3 Å². The molecule has 1 aromatic heterocycles. The molecule has 0 aliphatic heterocycles. The Kier molecular flexibility index (Phi) is 6.77. The van der Waals surface area contributed by atoms with E-state index in [1.54, 1.807) is 31.6 Å². The molecule has 1 fully saturated rings. The predicted octanol–water partition coefficient (Wildman–Crippen LogP) is 4.43. The molecule has 4 rings (SSSR count). The van der Waals surface area contributed by atoms with E-state index in [1.165, 1.54) is 12.8 Å². The number of aromatic nitrogens is 1. The van der Waals surface area contributed by atoms with Crippen LogP contribution in [0.3, 0.4) is 0 Å². The van der Waals surface area contributed by atoms with Crippen LogP contribution in [-0.2, 0) is 16.4 Å². The van der Waals surface area contributed by atoms with Gasteiger partial charge in [0.2, 0.25) is 10.0 Å². The van der Waals surface area contributed by atoms with Gasteiger partial charge in [0.15, 0.2) is 11.5 Å². The summed E-state index contributed by atoms with van der Waals surface area (Å²) in [6, 6.07) is 16.8. The Balaban J connectivity index is 1.72. The molecule has 6 nitrogen and oxygen atoms in total. The van der Waals surface area contributed by atoms with Gasteiger partial charge in [0, 0.05) is 18.3 Å². The molecule has 2 aromatic carbocycles. The van der Waals surface area contributed by atoms with Crippen LogP contribution in [0.25, 0.3) is 0 Å². The van der Waals surface area contributed by atoms with Crippen LogP contribution >= 0.6 is 0 Å². The zero-order chi connectivity index (χ0) is 22.6. The molecule has 2 N–H and O–H groups in total. The molecule has 1 saturated carbocycles. The standard InChI is InChI=1S/C25H28N2O4S/c1-30-24-11-8-20(17-25(24)31-21-4-2-3-5-21)23(16-18-12-14-27-15-13-18)19-6-9-22(10-7-19)32(26,28)29/h6-15,17,21,23H,2-5,16H2,1H3,(H2,26,28,29). The normalized spacial score (nSPS) is 15.4. The lowest BCUT2D eigenvalue weighted by molar-refractivity contribution is 0.200. The molecule has 1 aliphatic rings. The maximum absolute atomic E-state index is 11.7. The Bertz CT molecular complexity index is 1140. The molecular formula is C25H28N2O4S. The molecule has 0 radical (unpaired) electrons. The van der Waals surface area contributed by atoms with Gasteiger partial charge in [-0.1, -0.05) is 18.2 Å². The lowest BCUT2D eigenvalue weighted by Gasteiger charge is -2.22. The molecule has 32 heavy (non-hydrogen) atoms. The second kappa shape index (κ2) is 9.71. The Morgan fingerprint density at radius 2 is 1.62 bits per heavy atom. The van der Waals surface area contributed by atoms with Gasteiger partial charge in [-0.3, -0.25) is 4.98 Å². The first-order valence-electron chi connectivity index (χ1n) is 10.8. The fraction of sp³-hybridized carbons (Fsp3) is 0.320. The van der Waals surface area contributed by atoms with Crippen molar-refractivity contribution in [2.75, 3.05) is 7.11 Å². The molecule has 0 bridgehead atoms. The summed E-state index contributed by atoms with van der Waals surface area (Å²) in [4.78, 5) is 4.21. The summed E-state index contributed by atoms with van der Waals surface area (Å²) in [7, 11) is -2.09. The summed E-state index contributed by atoms with van der Waals surface area (Å²) < 4.78 is 35.3. The quantitative estimate of drug-likeness (QED) is 0.546. The second-order valence-corrected chi connectivity index (χ2v) is 9.72. The minimum atomic E-state index is -3.74. The van der Waals surface area contributed by atoms with Crippen molar-refractivity contribution in [2.45, 2.75) is 49.0 Å². The van der Waals surface area contributed by atoms with Gasteiger partial charge in [-0.15, -0.1) is 0 Å².